The second-order valence-electron chi connectivity index (χ2n) is 5.42. The molecule has 0 saturated heterocycles. The molecule has 0 unspecified atom stereocenters. The molecule has 19 heavy (non-hydrogen) atoms. The van der Waals surface area contributed by atoms with Gasteiger partial charge in [-0.05, 0) is 17.7 Å². The van der Waals surface area contributed by atoms with Crippen LogP contribution in [-0.2, 0) is 16.1 Å². The minimum atomic E-state index is -0.120. The van der Waals surface area contributed by atoms with Crippen LogP contribution in [0.15, 0.2) is 24.3 Å². The molecule has 1 aromatic carbocycles. The van der Waals surface area contributed by atoms with Crippen molar-refractivity contribution in [2.45, 2.75) is 20.5 Å². The van der Waals surface area contributed by atoms with Gasteiger partial charge in [-0.25, -0.2) is 0 Å². The number of hydrogen-bond acceptors (Lipinski definition) is 4. The number of benzene rings is 1. The zero-order valence-electron chi connectivity index (χ0n) is 12.1. The summed E-state index contributed by atoms with van der Waals surface area (Å²) in [5, 5.41) is 12.6. The smallest absolute Gasteiger partial charge is 0.0718 e. The van der Waals surface area contributed by atoms with E-state index < -0.39 is 0 Å². The van der Waals surface area contributed by atoms with E-state index in [1.807, 2.05) is 32.0 Å². The molecule has 4 nitrogen and oxygen atoms in total. The standard InChI is InChI=1S/C15H25NO3/c1-15(2,12-17)11-16-14-6-4-5-13(9-14)10-19-8-7-18-3/h4-6,9,16-17H,7-8,10-12H2,1-3H3. The van der Waals surface area contributed by atoms with Crippen molar-refractivity contribution in [2.24, 2.45) is 5.41 Å². The molecule has 0 aliphatic carbocycles. The van der Waals surface area contributed by atoms with Crippen molar-refractivity contribution >= 4 is 5.69 Å². The Morgan fingerprint density at radius 3 is 2.74 bits per heavy atom. The fourth-order valence-corrected chi connectivity index (χ4v) is 1.50. The first-order valence-corrected chi connectivity index (χ1v) is 6.58. The van der Waals surface area contributed by atoms with Gasteiger partial charge >= 0.3 is 0 Å². The minimum Gasteiger partial charge on any atom is -0.396 e. The molecule has 0 spiro atoms. The van der Waals surface area contributed by atoms with E-state index in [1.165, 1.54) is 0 Å². The van der Waals surface area contributed by atoms with E-state index in [1.54, 1.807) is 7.11 Å². The lowest BCUT2D eigenvalue weighted by molar-refractivity contribution is 0.0617. The fourth-order valence-electron chi connectivity index (χ4n) is 1.50. The van der Waals surface area contributed by atoms with Crippen molar-refractivity contribution < 1.29 is 14.6 Å². The molecule has 4 heteroatoms. The van der Waals surface area contributed by atoms with Crippen LogP contribution in [0.25, 0.3) is 0 Å². The van der Waals surface area contributed by atoms with E-state index in [0.717, 1.165) is 17.8 Å². The summed E-state index contributed by atoms with van der Waals surface area (Å²) in [7, 11) is 1.66. The molecule has 0 bridgehead atoms. The highest BCUT2D eigenvalue weighted by Crippen LogP contribution is 2.17. The summed E-state index contributed by atoms with van der Waals surface area (Å²) in [5.41, 5.74) is 2.06. The van der Waals surface area contributed by atoms with E-state index in [2.05, 4.69) is 11.4 Å². The number of hydrogen-bond donors (Lipinski definition) is 2. The summed E-state index contributed by atoms with van der Waals surface area (Å²) in [6, 6.07) is 8.13. The van der Waals surface area contributed by atoms with E-state index in [9.17, 15) is 5.11 Å². The molecule has 2 N–H and O–H groups in total. The van der Waals surface area contributed by atoms with E-state index in [4.69, 9.17) is 9.47 Å². The Labute approximate surface area is 115 Å². The Hall–Kier alpha value is -1.10. The summed E-state index contributed by atoms with van der Waals surface area (Å²) in [4.78, 5) is 0. The van der Waals surface area contributed by atoms with E-state index in [0.29, 0.717) is 19.8 Å². The Balaban J connectivity index is 2.43. The van der Waals surface area contributed by atoms with Crippen LogP contribution < -0.4 is 5.32 Å². The SMILES string of the molecule is COCCOCc1cccc(NCC(C)(C)CO)c1. The molecule has 0 heterocycles. The Morgan fingerprint density at radius 2 is 2.05 bits per heavy atom. The minimum absolute atomic E-state index is 0.120. The zero-order chi connectivity index (χ0) is 14.1. The topological polar surface area (TPSA) is 50.7 Å². The number of aliphatic hydroxyl groups excluding tert-OH is 1. The van der Waals surface area contributed by atoms with Crippen LogP contribution in [-0.4, -0.2) is 38.6 Å². The molecular formula is C15H25NO3. The second-order valence-corrected chi connectivity index (χ2v) is 5.42. The van der Waals surface area contributed by atoms with Crippen LogP contribution in [0.4, 0.5) is 5.69 Å². The average molecular weight is 267 g/mol. The third-order valence-corrected chi connectivity index (χ3v) is 2.83. The molecule has 1 aromatic rings. The second kappa shape index (κ2) is 8.15. The van der Waals surface area contributed by atoms with Gasteiger partial charge in [0, 0.05) is 31.4 Å². The highest BCUT2D eigenvalue weighted by Gasteiger charge is 2.15. The van der Waals surface area contributed by atoms with Crippen LogP contribution in [0.3, 0.4) is 0 Å². The van der Waals surface area contributed by atoms with E-state index >= 15 is 0 Å². The van der Waals surface area contributed by atoms with Crippen LogP contribution in [0.2, 0.25) is 0 Å². The lowest BCUT2D eigenvalue weighted by Gasteiger charge is -2.22. The first-order chi connectivity index (χ1) is 9.07. The van der Waals surface area contributed by atoms with Crippen molar-refractivity contribution in [3.8, 4) is 0 Å². The summed E-state index contributed by atoms with van der Waals surface area (Å²) in [6.07, 6.45) is 0. The normalized spacial score (nSPS) is 11.6. The number of ether oxygens (including phenoxy) is 2. The van der Waals surface area contributed by atoms with Gasteiger partial charge in [-0.3, -0.25) is 0 Å². The van der Waals surface area contributed by atoms with Crippen molar-refractivity contribution in [1.82, 2.24) is 0 Å². The highest BCUT2D eigenvalue weighted by atomic mass is 16.5. The van der Waals surface area contributed by atoms with Gasteiger partial charge in [0.1, 0.15) is 0 Å². The van der Waals surface area contributed by atoms with Gasteiger partial charge in [0.15, 0.2) is 0 Å². The lowest BCUT2D eigenvalue weighted by atomic mass is 9.95. The van der Waals surface area contributed by atoms with Gasteiger partial charge in [-0.15, -0.1) is 0 Å². The first-order valence-electron chi connectivity index (χ1n) is 6.58. The summed E-state index contributed by atoms with van der Waals surface area (Å²) in [6.45, 7) is 6.75. The molecule has 0 aliphatic heterocycles. The molecule has 0 atom stereocenters. The highest BCUT2D eigenvalue weighted by molar-refractivity contribution is 5.45. The maximum absolute atomic E-state index is 9.22. The maximum atomic E-state index is 9.22. The average Bonchev–Trinajstić information content (AvgIpc) is 2.42. The first kappa shape index (κ1) is 16.0. The van der Waals surface area contributed by atoms with Gasteiger partial charge in [0.25, 0.3) is 0 Å². The van der Waals surface area contributed by atoms with Gasteiger partial charge in [-0.1, -0.05) is 26.0 Å². The molecule has 1 rings (SSSR count). The number of methoxy groups -OCH3 is 1. The lowest BCUT2D eigenvalue weighted by Crippen LogP contribution is -2.26. The molecular weight excluding hydrogens is 242 g/mol. The molecule has 108 valence electrons. The largest absolute Gasteiger partial charge is 0.396 e. The maximum Gasteiger partial charge on any atom is 0.0718 e. The number of rotatable bonds is 9. The third kappa shape index (κ3) is 6.57. The van der Waals surface area contributed by atoms with Crippen molar-refractivity contribution in [2.75, 3.05) is 38.8 Å². The molecule has 0 amide bonds. The van der Waals surface area contributed by atoms with Gasteiger partial charge in [-0.2, -0.15) is 0 Å². The quantitative estimate of drug-likeness (QED) is 0.674. The number of aliphatic hydroxyl groups is 1. The Kier molecular flexibility index (Phi) is 6.84. The Morgan fingerprint density at radius 1 is 1.26 bits per heavy atom. The predicted octanol–water partition coefficient (Wildman–Crippen LogP) is 2.28. The number of nitrogens with one attached hydrogen (secondary N) is 1. The molecule has 0 saturated carbocycles. The summed E-state index contributed by atoms with van der Waals surface area (Å²) >= 11 is 0. The van der Waals surface area contributed by atoms with Crippen LogP contribution in [0.1, 0.15) is 19.4 Å². The van der Waals surface area contributed by atoms with Crippen LogP contribution in [0.5, 0.6) is 0 Å². The molecule has 0 fully saturated rings. The van der Waals surface area contributed by atoms with E-state index in [-0.39, 0.29) is 12.0 Å². The third-order valence-electron chi connectivity index (χ3n) is 2.83. The van der Waals surface area contributed by atoms with Gasteiger partial charge < -0.3 is 19.9 Å². The predicted molar refractivity (Wildman–Crippen MR) is 77.3 cm³/mol. The molecule has 0 aromatic heterocycles. The monoisotopic (exact) mass is 267 g/mol. The summed E-state index contributed by atoms with van der Waals surface area (Å²) < 4.78 is 10.4. The van der Waals surface area contributed by atoms with Gasteiger partial charge in [0.05, 0.1) is 19.8 Å². The Bertz CT molecular complexity index is 366. The number of anilines is 1. The van der Waals surface area contributed by atoms with Gasteiger partial charge in [0.2, 0.25) is 0 Å². The summed E-state index contributed by atoms with van der Waals surface area (Å²) in [5.74, 6) is 0. The molecule has 0 aliphatic rings. The van der Waals surface area contributed by atoms with Crippen molar-refractivity contribution in [1.29, 1.82) is 0 Å². The van der Waals surface area contributed by atoms with Crippen molar-refractivity contribution in [3.63, 3.8) is 0 Å². The molecule has 0 radical (unpaired) electrons. The van der Waals surface area contributed by atoms with Crippen LogP contribution >= 0.6 is 0 Å². The van der Waals surface area contributed by atoms with Crippen LogP contribution in [0, 0.1) is 5.41 Å². The van der Waals surface area contributed by atoms with Crippen molar-refractivity contribution in [3.05, 3.63) is 29.8 Å². The fraction of sp³-hybridized carbons (Fsp3) is 0.600. The zero-order valence-corrected chi connectivity index (χ0v) is 12.1.